The number of alkyl carbamates (subject to hydrolysis) is 1. The molecule has 15 heteroatoms. The van der Waals surface area contributed by atoms with Gasteiger partial charge in [-0.15, -0.1) is 0 Å². The first-order valence-electron chi connectivity index (χ1n) is 19.5. The molecule has 0 aromatic heterocycles. The van der Waals surface area contributed by atoms with Crippen LogP contribution in [0, 0.1) is 10.8 Å². The van der Waals surface area contributed by atoms with Crippen molar-refractivity contribution in [3.63, 3.8) is 0 Å². The first-order valence-corrected chi connectivity index (χ1v) is 21.7. The summed E-state index contributed by atoms with van der Waals surface area (Å²) >= 11 is 0. The van der Waals surface area contributed by atoms with E-state index in [0.717, 1.165) is 70.8 Å². The van der Waals surface area contributed by atoms with E-state index < -0.39 is 26.5 Å². The average molecular weight is 776 g/mol. The third-order valence-corrected chi connectivity index (χ3v) is 9.15. The van der Waals surface area contributed by atoms with Gasteiger partial charge in [0.2, 0.25) is 11.8 Å². The maximum Gasteiger partial charge on any atom is 0.508 e. The van der Waals surface area contributed by atoms with Crippen molar-refractivity contribution < 1.29 is 42.7 Å². The van der Waals surface area contributed by atoms with Crippen LogP contribution in [0.1, 0.15) is 124 Å². The Morgan fingerprint density at radius 3 is 1.36 bits per heavy atom. The van der Waals surface area contributed by atoms with Crippen molar-refractivity contribution in [1.82, 2.24) is 26.2 Å². The van der Waals surface area contributed by atoms with Gasteiger partial charge in [0.05, 0.1) is 28.0 Å². The van der Waals surface area contributed by atoms with Crippen molar-refractivity contribution in [1.29, 1.82) is 0 Å². The summed E-state index contributed by atoms with van der Waals surface area (Å²) in [6, 6.07) is 0. The third kappa shape index (κ3) is 34.6. The summed E-state index contributed by atoms with van der Waals surface area (Å²) in [7, 11) is 3.42. The van der Waals surface area contributed by atoms with E-state index in [0.29, 0.717) is 78.1 Å². The number of nitrogens with zero attached hydrogens (tertiary/aromatic N) is 1. The second kappa shape index (κ2) is 30.5. The molecule has 0 radical (unpaired) electrons. The Bertz CT molecular complexity index is 1030. The zero-order valence-corrected chi connectivity index (χ0v) is 35.2. The van der Waals surface area contributed by atoms with Crippen molar-refractivity contribution in [2.24, 2.45) is 10.8 Å². The molecule has 0 atom stereocenters. The Morgan fingerprint density at radius 1 is 0.528 bits per heavy atom. The highest BCUT2D eigenvalue weighted by Crippen LogP contribution is 2.29. The molecule has 0 unspecified atom stereocenters. The number of hydrogen-bond donors (Lipinski definition) is 4. The van der Waals surface area contributed by atoms with Crippen molar-refractivity contribution in [2.75, 3.05) is 80.0 Å². The Morgan fingerprint density at radius 2 is 0.925 bits per heavy atom. The number of amides is 4. The number of hydrogen-bond acceptors (Lipinski definition) is 10. The quantitative estimate of drug-likeness (QED) is 0.0328. The van der Waals surface area contributed by atoms with Crippen LogP contribution < -0.4 is 21.3 Å². The zero-order valence-electron chi connectivity index (χ0n) is 34.3. The van der Waals surface area contributed by atoms with Gasteiger partial charge in [0.1, 0.15) is 0 Å². The Labute approximate surface area is 321 Å². The van der Waals surface area contributed by atoms with Gasteiger partial charge in [-0.05, 0) is 128 Å². The van der Waals surface area contributed by atoms with Crippen LogP contribution in [0.3, 0.4) is 0 Å². The molecular weight excluding hydrogens is 701 g/mol. The number of carbonyl (C=O) groups is 5. The van der Waals surface area contributed by atoms with Crippen LogP contribution in [-0.4, -0.2) is 115 Å². The van der Waals surface area contributed by atoms with Crippen molar-refractivity contribution in [3.05, 3.63) is 0 Å². The van der Waals surface area contributed by atoms with Gasteiger partial charge in [-0.1, -0.05) is 27.7 Å². The van der Waals surface area contributed by atoms with Crippen molar-refractivity contribution in [3.8, 4) is 0 Å². The lowest BCUT2D eigenvalue weighted by atomic mass is 9.83. The Hall–Kier alpha value is -2.86. The molecule has 4 amide bonds. The summed E-state index contributed by atoms with van der Waals surface area (Å²) in [6.07, 6.45) is 9.66. The van der Waals surface area contributed by atoms with Crippen LogP contribution in [0.2, 0.25) is 0 Å². The van der Waals surface area contributed by atoms with Crippen LogP contribution in [-0.2, 0) is 28.3 Å². The van der Waals surface area contributed by atoms with E-state index in [4.69, 9.17) is 18.7 Å². The van der Waals surface area contributed by atoms with E-state index in [-0.39, 0.29) is 22.6 Å². The van der Waals surface area contributed by atoms with Crippen LogP contribution in [0.5, 0.6) is 0 Å². The second-order valence-corrected chi connectivity index (χ2v) is 17.4. The Balaban J connectivity index is 3.69. The minimum Gasteiger partial charge on any atom is -0.450 e. The normalized spacial score (nSPS) is 11.6. The molecule has 0 aromatic rings. The van der Waals surface area contributed by atoms with E-state index in [1.165, 1.54) is 0 Å². The molecule has 0 aliphatic carbocycles. The first-order chi connectivity index (χ1) is 25.0. The zero-order chi connectivity index (χ0) is 40.0. The van der Waals surface area contributed by atoms with Gasteiger partial charge in [0, 0.05) is 39.0 Å². The lowest BCUT2D eigenvalue weighted by molar-refractivity contribution is -0.123. The van der Waals surface area contributed by atoms with E-state index in [1.54, 1.807) is 0 Å². The van der Waals surface area contributed by atoms with Gasteiger partial charge in [-0.2, -0.15) is 0 Å². The monoisotopic (exact) mass is 776 g/mol. The van der Waals surface area contributed by atoms with Gasteiger partial charge in [0.25, 0.3) is 0 Å². The molecule has 0 aliphatic heterocycles. The Kier molecular flexibility index (Phi) is 28.8. The molecule has 0 saturated heterocycles. The maximum atomic E-state index is 12.1. The van der Waals surface area contributed by atoms with Crippen LogP contribution >= 0.6 is 8.15 Å². The predicted molar refractivity (Wildman–Crippen MR) is 211 cm³/mol. The van der Waals surface area contributed by atoms with Crippen LogP contribution in [0.25, 0.3) is 0 Å². The first kappa shape index (κ1) is 50.1. The average Bonchev–Trinajstić information content (AvgIpc) is 3.07. The number of rotatable bonds is 31. The number of nitrogens with one attached hydrogen (secondary N) is 4. The van der Waals surface area contributed by atoms with E-state index in [9.17, 15) is 24.0 Å². The van der Waals surface area contributed by atoms with E-state index in [1.807, 2.05) is 13.3 Å². The number of carbonyl (C=O) groups excluding carboxylic acids is 5. The molecule has 0 rings (SSSR count). The van der Waals surface area contributed by atoms with Crippen molar-refractivity contribution in [2.45, 2.75) is 124 Å². The van der Waals surface area contributed by atoms with Crippen LogP contribution in [0.15, 0.2) is 0 Å². The molecule has 53 heavy (non-hydrogen) atoms. The number of ether oxygens (including phenoxy) is 3. The largest absolute Gasteiger partial charge is 0.508 e. The van der Waals surface area contributed by atoms with Gasteiger partial charge in [0.15, 0.2) is 0 Å². The molecule has 0 heterocycles. The fraction of sp³-hybridized carbons (Fsp3) is 0.868. The molecule has 0 spiro atoms. The predicted octanol–water partition coefficient (Wildman–Crippen LogP) is 6.95. The lowest BCUT2D eigenvalue weighted by Crippen LogP contribution is -2.28. The molecule has 0 aromatic carbocycles. The van der Waals surface area contributed by atoms with E-state index >= 15 is 0 Å². The molecule has 14 nitrogen and oxygen atoms in total. The molecule has 0 aliphatic rings. The topological polar surface area (TPSA) is 174 Å². The summed E-state index contributed by atoms with van der Waals surface area (Å²) in [5.41, 5.74) is 0.236. The smallest absolute Gasteiger partial charge is 0.450 e. The molecule has 0 fully saturated rings. The SMILES string of the molecule is CN(C)CCC(C)(C)CCCOC(=O)OCCCC(C)(C)CCCOC(=O)NCCCCNC(=O)CCCCC(=O)NCCCCNC(=O)OP(C)C. The summed E-state index contributed by atoms with van der Waals surface area (Å²) < 4.78 is 20.8. The highest BCUT2D eigenvalue weighted by Gasteiger charge is 2.19. The van der Waals surface area contributed by atoms with Gasteiger partial charge >= 0.3 is 18.3 Å². The van der Waals surface area contributed by atoms with Gasteiger partial charge < -0.3 is 44.9 Å². The van der Waals surface area contributed by atoms with Crippen molar-refractivity contribution >= 4 is 38.3 Å². The third-order valence-electron chi connectivity index (χ3n) is 8.62. The lowest BCUT2D eigenvalue weighted by Gasteiger charge is -2.26. The summed E-state index contributed by atoms with van der Waals surface area (Å²) in [4.78, 5) is 61.5. The molecule has 310 valence electrons. The van der Waals surface area contributed by atoms with Gasteiger partial charge in [-0.3, -0.25) is 9.59 Å². The summed E-state index contributed by atoms with van der Waals surface area (Å²) in [5.74, 6) is -0.0810. The molecule has 0 bridgehead atoms. The fourth-order valence-electron chi connectivity index (χ4n) is 5.28. The molecule has 4 N–H and O–H groups in total. The number of unbranched alkanes of at least 4 members (excludes halogenated alkanes) is 3. The highest BCUT2D eigenvalue weighted by atomic mass is 31.1. The minimum atomic E-state index is -0.727. The molecule has 0 saturated carbocycles. The summed E-state index contributed by atoms with van der Waals surface area (Å²) in [6.45, 7) is 16.6. The van der Waals surface area contributed by atoms with Gasteiger partial charge in [-0.25, -0.2) is 14.4 Å². The molecular formula is C38H74N5O9P. The standard InChI is InChI=1S/C38H74N5O9P/c1-37(2,21-16-30-50-36(48)51-31-17-22-38(3,4)23-28-43(5)6)20-15-29-49-34(46)41-26-13-11-24-39-32(44)18-9-10-19-33(45)40-25-12-14-27-42-35(47)52-53(7)8/h9-31H2,1-8H3,(H,39,44)(H,40,45)(H,41,46)(H,42,47). The minimum absolute atomic E-state index is 0.0248. The van der Waals surface area contributed by atoms with Crippen LogP contribution in [0.4, 0.5) is 14.4 Å². The maximum absolute atomic E-state index is 12.1. The van der Waals surface area contributed by atoms with E-state index in [2.05, 4.69) is 68.0 Å². The second-order valence-electron chi connectivity index (χ2n) is 15.6. The highest BCUT2D eigenvalue weighted by molar-refractivity contribution is 7.51. The fourth-order valence-corrected chi connectivity index (χ4v) is 5.68. The summed E-state index contributed by atoms with van der Waals surface area (Å²) in [5, 5.41) is 11.2.